The Labute approximate surface area is 116 Å². The summed E-state index contributed by atoms with van der Waals surface area (Å²) in [4.78, 5) is 19.0. The molecule has 1 amide bonds. The number of carbonyl (C=O) groups excluding carboxylic acids is 1. The van der Waals surface area contributed by atoms with Gasteiger partial charge in [-0.05, 0) is 30.0 Å². The molecule has 1 aliphatic rings. The summed E-state index contributed by atoms with van der Waals surface area (Å²) >= 11 is 1.50. The molecule has 1 aliphatic heterocycles. The second kappa shape index (κ2) is 5.40. The summed E-state index contributed by atoms with van der Waals surface area (Å²) in [6, 6.07) is 8.02. The third-order valence-electron chi connectivity index (χ3n) is 3.24. The van der Waals surface area contributed by atoms with Crippen molar-refractivity contribution < 1.29 is 4.79 Å². The van der Waals surface area contributed by atoms with Gasteiger partial charge in [0.25, 0.3) is 5.91 Å². The Kier molecular flexibility index (Phi) is 3.46. The van der Waals surface area contributed by atoms with Crippen LogP contribution in [0.4, 0.5) is 5.69 Å². The van der Waals surface area contributed by atoms with Gasteiger partial charge in [0.05, 0.1) is 10.6 Å². The third kappa shape index (κ3) is 2.76. The first-order chi connectivity index (χ1) is 9.33. The predicted molar refractivity (Wildman–Crippen MR) is 76.5 cm³/mol. The molecule has 1 atom stereocenters. The molecule has 0 spiro atoms. The fourth-order valence-electron chi connectivity index (χ4n) is 2.30. The Morgan fingerprint density at radius 3 is 3.11 bits per heavy atom. The highest BCUT2D eigenvalue weighted by molar-refractivity contribution is 7.12. The van der Waals surface area contributed by atoms with Crippen LogP contribution >= 0.6 is 11.3 Å². The van der Waals surface area contributed by atoms with Gasteiger partial charge in [0, 0.05) is 31.5 Å². The minimum atomic E-state index is 0.144. The van der Waals surface area contributed by atoms with Gasteiger partial charge in [-0.3, -0.25) is 9.78 Å². The first-order valence-corrected chi connectivity index (χ1v) is 7.20. The van der Waals surface area contributed by atoms with E-state index in [1.54, 1.807) is 6.20 Å². The zero-order valence-electron chi connectivity index (χ0n) is 10.5. The normalized spacial score (nSPS) is 18.5. The van der Waals surface area contributed by atoms with Crippen molar-refractivity contribution in [1.29, 1.82) is 0 Å². The van der Waals surface area contributed by atoms with Crippen LogP contribution in [0.2, 0.25) is 0 Å². The topological polar surface area (TPSA) is 45.2 Å². The van der Waals surface area contributed by atoms with Crippen LogP contribution in [-0.2, 0) is 0 Å². The molecule has 0 saturated carbocycles. The van der Waals surface area contributed by atoms with Crippen LogP contribution in [0.5, 0.6) is 0 Å². The van der Waals surface area contributed by atoms with Gasteiger partial charge in [0.1, 0.15) is 0 Å². The molecule has 1 saturated heterocycles. The maximum absolute atomic E-state index is 12.2. The van der Waals surface area contributed by atoms with Gasteiger partial charge in [0.15, 0.2) is 0 Å². The Hall–Kier alpha value is -1.88. The number of nitrogens with zero attached hydrogens (tertiary/aromatic N) is 2. The van der Waals surface area contributed by atoms with Crippen molar-refractivity contribution in [3.05, 3.63) is 46.9 Å². The van der Waals surface area contributed by atoms with E-state index < -0.39 is 0 Å². The summed E-state index contributed by atoms with van der Waals surface area (Å²) in [6.45, 7) is 1.57. The fraction of sp³-hybridized carbons (Fsp3) is 0.286. The van der Waals surface area contributed by atoms with Gasteiger partial charge >= 0.3 is 0 Å². The Balaban J connectivity index is 1.60. The summed E-state index contributed by atoms with van der Waals surface area (Å²) < 4.78 is 0. The van der Waals surface area contributed by atoms with Crippen molar-refractivity contribution in [2.75, 3.05) is 18.4 Å². The lowest BCUT2D eigenvalue weighted by Crippen LogP contribution is -2.31. The van der Waals surface area contributed by atoms with Crippen molar-refractivity contribution >= 4 is 22.9 Å². The monoisotopic (exact) mass is 273 g/mol. The number of thiophene rings is 1. The number of pyridine rings is 1. The lowest BCUT2D eigenvalue weighted by molar-refractivity contribution is 0.0796. The number of nitrogens with one attached hydrogen (secondary N) is 1. The molecule has 98 valence electrons. The van der Waals surface area contributed by atoms with Crippen LogP contribution in [0.15, 0.2) is 42.0 Å². The van der Waals surface area contributed by atoms with Crippen LogP contribution in [0.25, 0.3) is 0 Å². The van der Waals surface area contributed by atoms with E-state index in [0.29, 0.717) is 6.04 Å². The van der Waals surface area contributed by atoms with Crippen molar-refractivity contribution in [2.45, 2.75) is 12.5 Å². The molecule has 5 heteroatoms. The standard InChI is InChI=1S/C14H15N3OS/c18-14(13-4-2-8-19-13)17-7-5-12(10-17)16-11-3-1-6-15-9-11/h1-4,6,8-9,12,16H,5,7,10H2/t12-/m1/s1. The number of likely N-dealkylation sites (tertiary alicyclic amines) is 1. The van der Waals surface area contributed by atoms with E-state index in [2.05, 4.69) is 10.3 Å². The van der Waals surface area contributed by atoms with Crippen LogP contribution in [0.3, 0.4) is 0 Å². The number of anilines is 1. The molecular weight excluding hydrogens is 258 g/mol. The number of aromatic nitrogens is 1. The van der Waals surface area contributed by atoms with Gasteiger partial charge in [-0.1, -0.05) is 6.07 Å². The van der Waals surface area contributed by atoms with E-state index in [1.807, 2.05) is 40.7 Å². The Morgan fingerprint density at radius 1 is 1.42 bits per heavy atom. The number of hydrogen-bond donors (Lipinski definition) is 1. The molecule has 2 aromatic heterocycles. The second-order valence-corrected chi connectivity index (χ2v) is 5.55. The first kappa shape index (κ1) is 12.2. The number of rotatable bonds is 3. The summed E-state index contributed by atoms with van der Waals surface area (Å²) in [6.07, 6.45) is 4.54. The zero-order valence-corrected chi connectivity index (χ0v) is 11.3. The molecule has 0 aromatic carbocycles. The van der Waals surface area contributed by atoms with Crippen LogP contribution < -0.4 is 5.32 Å². The average Bonchev–Trinajstić information content (AvgIpc) is 3.10. The first-order valence-electron chi connectivity index (χ1n) is 6.32. The van der Waals surface area contributed by atoms with E-state index in [4.69, 9.17) is 0 Å². The molecule has 0 radical (unpaired) electrons. The van der Waals surface area contributed by atoms with Crippen molar-refractivity contribution in [2.24, 2.45) is 0 Å². The van der Waals surface area contributed by atoms with E-state index in [1.165, 1.54) is 11.3 Å². The van der Waals surface area contributed by atoms with Gasteiger partial charge in [-0.15, -0.1) is 11.3 Å². The SMILES string of the molecule is O=C(c1cccs1)N1CC[C@@H](Nc2cccnc2)C1. The van der Waals surface area contributed by atoms with Crippen molar-refractivity contribution in [1.82, 2.24) is 9.88 Å². The highest BCUT2D eigenvalue weighted by atomic mass is 32.1. The average molecular weight is 273 g/mol. The minimum absolute atomic E-state index is 0.144. The summed E-state index contributed by atoms with van der Waals surface area (Å²) in [5.74, 6) is 0.144. The molecule has 19 heavy (non-hydrogen) atoms. The number of hydrogen-bond acceptors (Lipinski definition) is 4. The molecule has 4 nitrogen and oxygen atoms in total. The third-order valence-corrected chi connectivity index (χ3v) is 4.10. The molecule has 0 aliphatic carbocycles. The van der Waals surface area contributed by atoms with Crippen LogP contribution in [-0.4, -0.2) is 34.9 Å². The zero-order chi connectivity index (χ0) is 13.1. The molecule has 3 rings (SSSR count). The van der Waals surface area contributed by atoms with Crippen LogP contribution in [0.1, 0.15) is 16.1 Å². The minimum Gasteiger partial charge on any atom is -0.379 e. The van der Waals surface area contributed by atoms with Crippen molar-refractivity contribution in [3.8, 4) is 0 Å². The predicted octanol–water partition coefficient (Wildman–Crippen LogP) is 2.47. The fourth-order valence-corrected chi connectivity index (χ4v) is 2.99. The maximum atomic E-state index is 12.2. The Bertz CT molecular complexity index is 541. The lowest BCUT2D eigenvalue weighted by atomic mass is 10.2. The van der Waals surface area contributed by atoms with Gasteiger partial charge < -0.3 is 10.2 Å². The Morgan fingerprint density at radius 2 is 2.37 bits per heavy atom. The summed E-state index contributed by atoms with van der Waals surface area (Å²) in [5.41, 5.74) is 1.01. The van der Waals surface area contributed by atoms with E-state index >= 15 is 0 Å². The second-order valence-electron chi connectivity index (χ2n) is 4.60. The highest BCUT2D eigenvalue weighted by Crippen LogP contribution is 2.19. The van der Waals surface area contributed by atoms with E-state index in [-0.39, 0.29) is 5.91 Å². The molecule has 0 bridgehead atoms. The van der Waals surface area contributed by atoms with E-state index in [9.17, 15) is 4.79 Å². The van der Waals surface area contributed by atoms with Crippen LogP contribution in [0, 0.1) is 0 Å². The molecule has 2 aromatic rings. The number of carbonyl (C=O) groups is 1. The maximum Gasteiger partial charge on any atom is 0.263 e. The van der Waals surface area contributed by atoms with E-state index in [0.717, 1.165) is 30.1 Å². The molecule has 1 fully saturated rings. The van der Waals surface area contributed by atoms with Crippen molar-refractivity contribution in [3.63, 3.8) is 0 Å². The molecule has 0 unspecified atom stereocenters. The number of amides is 1. The molecule has 3 heterocycles. The molecular formula is C14H15N3OS. The quantitative estimate of drug-likeness (QED) is 0.934. The molecule has 1 N–H and O–H groups in total. The highest BCUT2D eigenvalue weighted by Gasteiger charge is 2.27. The van der Waals surface area contributed by atoms with Gasteiger partial charge in [0.2, 0.25) is 0 Å². The largest absolute Gasteiger partial charge is 0.379 e. The summed E-state index contributed by atoms with van der Waals surface area (Å²) in [5, 5.41) is 5.36. The smallest absolute Gasteiger partial charge is 0.263 e. The van der Waals surface area contributed by atoms with Gasteiger partial charge in [-0.25, -0.2) is 0 Å². The summed E-state index contributed by atoms with van der Waals surface area (Å²) in [7, 11) is 0. The van der Waals surface area contributed by atoms with Gasteiger partial charge in [-0.2, -0.15) is 0 Å². The lowest BCUT2D eigenvalue weighted by Gasteiger charge is -2.16.